The molecule has 6 nitrogen and oxygen atoms in total. The lowest BCUT2D eigenvalue weighted by atomic mass is 9.97. The van der Waals surface area contributed by atoms with E-state index in [9.17, 15) is 9.90 Å². The van der Waals surface area contributed by atoms with Crippen LogP contribution in [0.3, 0.4) is 0 Å². The van der Waals surface area contributed by atoms with Gasteiger partial charge < -0.3 is 20.7 Å². The van der Waals surface area contributed by atoms with Crippen molar-refractivity contribution in [3.63, 3.8) is 0 Å². The normalized spacial score (nSPS) is 25.8. The van der Waals surface area contributed by atoms with Gasteiger partial charge in [0.25, 0.3) is 5.56 Å². The first kappa shape index (κ1) is 10.9. The molecular formula is C10H16N4O2. The lowest BCUT2D eigenvalue weighted by Crippen LogP contribution is -2.43. The summed E-state index contributed by atoms with van der Waals surface area (Å²) in [5.74, 6) is 0.678. The molecule has 2 rings (SSSR count). The number of aliphatic hydroxyl groups is 1. The van der Waals surface area contributed by atoms with Crippen molar-refractivity contribution in [2.24, 2.45) is 5.92 Å². The van der Waals surface area contributed by atoms with Gasteiger partial charge >= 0.3 is 0 Å². The highest BCUT2D eigenvalue weighted by Crippen LogP contribution is 2.23. The summed E-state index contributed by atoms with van der Waals surface area (Å²) in [6, 6.07) is 0. The third-order valence-corrected chi connectivity index (χ3v) is 3.03. The van der Waals surface area contributed by atoms with Gasteiger partial charge in [-0.3, -0.25) is 4.79 Å². The summed E-state index contributed by atoms with van der Waals surface area (Å²) >= 11 is 0. The van der Waals surface area contributed by atoms with E-state index in [1.54, 1.807) is 0 Å². The van der Waals surface area contributed by atoms with Crippen molar-refractivity contribution in [2.45, 2.75) is 19.4 Å². The monoisotopic (exact) mass is 224 g/mol. The molecule has 1 fully saturated rings. The van der Waals surface area contributed by atoms with Crippen molar-refractivity contribution in [3.8, 4) is 0 Å². The Hall–Kier alpha value is -1.56. The lowest BCUT2D eigenvalue weighted by Gasteiger charge is -2.35. The molecule has 0 bridgehead atoms. The number of rotatable bonds is 1. The smallest absolute Gasteiger partial charge is 0.276 e. The molecule has 0 aromatic carbocycles. The van der Waals surface area contributed by atoms with Gasteiger partial charge in [0.1, 0.15) is 5.69 Å². The predicted octanol–water partition coefficient (Wildman–Crippen LogP) is -0.441. The number of anilines is 2. The van der Waals surface area contributed by atoms with Gasteiger partial charge in [0, 0.05) is 13.1 Å². The SMILES string of the molecule is CC1CN(c2nc[nH]c(=O)c2N)CCC1O. The molecule has 88 valence electrons. The van der Waals surface area contributed by atoms with Crippen LogP contribution in [0.4, 0.5) is 11.5 Å². The molecule has 1 aliphatic rings. The average Bonchev–Trinajstić information content (AvgIpc) is 2.26. The van der Waals surface area contributed by atoms with Crippen LogP contribution >= 0.6 is 0 Å². The van der Waals surface area contributed by atoms with Gasteiger partial charge in [-0.05, 0) is 12.3 Å². The molecule has 0 saturated carbocycles. The van der Waals surface area contributed by atoms with Crippen LogP contribution in [0.1, 0.15) is 13.3 Å². The van der Waals surface area contributed by atoms with E-state index in [1.165, 1.54) is 6.33 Å². The average molecular weight is 224 g/mol. The van der Waals surface area contributed by atoms with Crippen molar-refractivity contribution >= 4 is 11.5 Å². The van der Waals surface area contributed by atoms with E-state index in [4.69, 9.17) is 5.73 Å². The Balaban J connectivity index is 2.25. The molecule has 6 heteroatoms. The van der Waals surface area contributed by atoms with E-state index >= 15 is 0 Å². The van der Waals surface area contributed by atoms with E-state index in [2.05, 4.69) is 9.97 Å². The van der Waals surface area contributed by atoms with Crippen molar-refractivity contribution < 1.29 is 5.11 Å². The minimum atomic E-state index is -0.316. The highest BCUT2D eigenvalue weighted by Gasteiger charge is 2.26. The van der Waals surface area contributed by atoms with Gasteiger partial charge in [-0.25, -0.2) is 4.98 Å². The molecule has 16 heavy (non-hydrogen) atoms. The van der Waals surface area contributed by atoms with Crippen LogP contribution in [0.5, 0.6) is 0 Å². The Kier molecular flexibility index (Phi) is 2.82. The van der Waals surface area contributed by atoms with Crippen molar-refractivity contribution in [1.82, 2.24) is 9.97 Å². The molecule has 2 atom stereocenters. The highest BCUT2D eigenvalue weighted by atomic mass is 16.3. The number of hydrogen-bond donors (Lipinski definition) is 3. The zero-order chi connectivity index (χ0) is 11.7. The number of nitrogens with two attached hydrogens (primary N) is 1. The largest absolute Gasteiger partial charge is 0.393 e. The molecule has 0 amide bonds. The summed E-state index contributed by atoms with van der Waals surface area (Å²) in [7, 11) is 0. The minimum absolute atomic E-state index is 0.145. The summed E-state index contributed by atoms with van der Waals surface area (Å²) in [6.45, 7) is 3.31. The molecular weight excluding hydrogens is 208 g/mol. The molecule has 2 heterocycles. The number of aliphatic hydroxyl groups excluding tert-OH is 1. The van der Waals surface area contributed by atoms with Gasteiger partial charge in [0.15, 0.2) is 5.82 Å². The molecule has 1 aliphatic heterocycles. The number of nitrogen functional groups attached to an aromatic ring is 1. The molecule has 1 saturated heterocycles. The van der Waals surface area contributed by atoms with Crippen molar-refractivity contribution in [3.05, 3.63) is 16.7 Å². The summed E-state index contributed by atoms with van der Waals surface area (Å²) in [5, 5.41) is 9.62. The van der Waals surface area contributed by atoms with E-state index in [0.717, 1.165) is 0 Å². The maximum atomic E-state index is 11.3. The number of aromatic nitrogens is 2. The van der Waals surface area contributed by atoms with Crippen LogP contribution in [0.25, 0.3) is 0 Å². The molecule has 2 unspecified atom stereocenters. The Morgan fingerprint density at radius 3 is 3.12 bits per heavy atom. The fourth-order valence-corrected chi connectivity index (χ4v) is 1.98. The standard InChI is InChI=1S/C10H16N4O2/c1-6-4-14(3-2-7(6)15)9-8(11)10(16)13-5-12-9/h5-7,15H,2-4,11H2,1H3,(H,12,13,16). The predicted molar refractivity (Wildman–Crippen MR) is 61.3 cm³/mol. The first-order chi connectivity index (χ1) is 7.59. The number of piperidine rings is 1. The van der Waals surface area contributed by atoms with E-state index in [1.807, 2.05) is 11.8 Å². The Bertz CT molecular complexity index is 431. The van der Waals surface area contributed by atoms with Crippen LogP contribution < -0.4 is 16.2 Å². The third-order valence-electron chi connectivity index (χ3n) is 3.03. The lowest BCUT2D eigenvalue weighted by molar-refractivity contribution is 0.0969. The summed E-state index contributed by atoms with van der Waals surface area (Å²) < 4.78 is 0. The number of nitrogens with one attached hydrogen (secondary N) is 1. The molecule has 0 aliphatic carbocycles. The Morgan fingerprint density at radius 1 is 1.69 bits per heavy atom. The van der Waals surface area contributed by atoms with Crippen LogP contribution in [0.15, 0.2) is 11.1 Å². The fraction of sp³-hybridized carbons (Fsp3) is 0.600. The van der Waals surface area contributed by atoms with Gasteiger partial charge in [-0.1, -0.05) is 6.92 Å². The summed E-state index contributed by atoms with van der Waals surface area (Å²) in [4.78, 5) is 19.8. The third kappa shape index (κ3) is 1.88. The summed E-state index contributed by atoms with van der Waals surface area (Å²) in [5.41, 5.74) is 5.51. The summed E-state index contributed by atoms with van der Waals surface area (Å²) in [6.07, 6.45) is 1.75. The first-order valence-electron chi connectivity index (χ1n) is 5.35. The van der Waals surface area contributed by atoms with Gasteiger partial charge in [0.05, 0.1) is 12.4 Å². The van der Waals surface area contributed by atoms with Gasteiger partial charge in [-0.2, -0.15) is 0 Å². The maximum Gasteiger partial charge on any atom is 0.276 e. The Morgan fingerprint density at radius 2 is 2.44 bits per heavy atom. The van der Waals surface area contributed by atoms with Crippen LogP contribution in [-0.4, -0.2) is 34.3 Å². The molecule has 4 N–H and O–H groups in total. The second-order valence-electron chi connectivity index (χ2n) is 4.25. The number of H-pyrrole nitrogens is 1. The topological polar surface area (TPSA) is 95.2 Å². The Labute approximate surface area is 93.1 Å². The van der Waals surface area contributed by atoms with E-state index in [0.29, 0.717) is 25.3 Å². The molecule has 0 spiro atoms. The van der Waals surface area contributed by atoms with Crippen LogP contribution in [-0.2, 0) is 0 Å². The van der Waals surface area contributed by atoms with E-state index in [-0.39, 0.29) is 23.3 Å². The zero-order valence-corrected chi connectivity index (χ0v) is 9.18. The fourth-order valence-electron chi connectivity index (χ4n) is 1.98. The van der Waals surface area contributed by atoms with E-state index < -0.39 is 0 Å². The maximum absolute atomic E-state index is 11.3. The highest BCUT2D eigenvalue weighted by molar-refractivity contribution is 5.61. The minimum Gasteiger partial charge on any atom is -0.393 e. The van der Waals surface area contributed by atoms with Gasteiger partial charge in [-0.15, -0.1) is 0 Å². The second kappa shape index (κ2) is 4.13. The van der Waals surface area contributed by atoms with Crippen LogP contribution in [0, 0.1) is 5.92 Å². The van der Waals surface area contributed by atoms with Crippen molar-refractivity contribution in [1.29, 1.82) is 0 Å². The second-order valence-corrected chi connectivity index (χ2v) is 4.25. The molecule has 1 aromatic rings. The van der Waals surface area contributed by atoms with Crippen molar-refractivity contribution in [2.75, 3.05) is 23.7 Å². The quantitative estimate of drug-likeness (QED) is 0.601. The van der Waals surface area contributed by atoms with Crippen LogP contribution in [0.2, 0.25) is 0 Å². The number of nitrogens with zero attached hydrogens (tertiary/aromatic N) is 2. The first-order valence-corrected chi connectivity index (χ1v) is 5.35. The number of hydrogen-bond acceptors (Lipinski definition) is 5. The molecule has 1 aromatic heterocycles. The van der Waals surface area contributed by atoms with Gasteiger partial charge in [0.2, 0.25) is 0 Å². The number of aromatic amines is 1. The molecule has 0 radical (unpaired) electrons. The zero-order valence-electron chi connectivity index (χ0n) is 9.18.